The fourth-order valence-electron chi connectivity index (χ4n) is 1.06. The number of hydrogen-bond acceptors (Lipinski definition) is 6. The van der Waals surface area contributed by atoms with E-state index in [2.05, 4.69) is 15.2 Å². The van der Waals surface area contributed by atoms with Gasteiger partial charge in [0.05, 0.1) is 11.4 Å². The number of aromatic amines is 1. The highest BCUT2D eigenvalue weighted by molar-refractivity contribution is 7.97. The highest BCUT2D eigenvalue weighted by Crippen LogP contribution is 2.33. The molecule has 0 bridgehead atoms. The van der Waals surface area contributed by atoms with Crippen molar-refractivity contribution in [1.29, 1.82) is 0 Å². The SMILES string of the molecule is CCCN=NC(=O)C(=O)N(C)Sc1cc(O)[nH]c1O. The number of likely N-dealkylation sites (N-methyl/N-ethyl adjacent to an activating group) is 1. The van der Waals surface area contributed by atoms with Crippen molar-refractivity contribution in [2.24, 2.45) is 10.2 Å². The van der Waals surface area contributed by atoms with Crippen LogP contribution >= 0.6 is 11.9 Å². The number of carbonyl (C=O) groups is 2. The molecule has 1 heterocycles. The van der Waals surface area contributed by atoms with Crippen molar-refractivity contribution < 1.29 is 19.8 Å². The van der Waals surface area contributed by atoms with Gasteiger partial charge in [-0.15, -0.1) is 5.11 Å². The van der Waals surface area contributed by atoms with Crippen molar-refractivity contribution >= 4 is 23.8 Å². The van der Waals surface area contributed by atoms with Crippen molar-refractivity contribution in [2.45, 2.75) is 18.2 Å². The number of aromatic hydroxyl groups is 2. The predicted molar refractivity (Wildman–Crippen MR) is 67.8 cm³/mol. The van der Waals surface area contributed by atoms with Gasteiger partial charge in [-0.1, -0.05) is 6.92 Å². The van der Waals surface area contributed by atoms with Crippen LogP contribution in [0.25, 0.3) is 0 Å². The third kappa shape index (κ3) is 4.28. The molecule has 0 atom stereocenters. The Balaban J connectivity index is 2.62. The van der Waals surface area contributed by atoms with Gasteiger partial charge in [-0.2, -0.15) is 5.11 Å². The number of rotatable bonds is 4. The predicted octanol–water partition coefficient (Wildman–Crippen LogP) is 1.28. The van der Waals surface area contributed by atoms with Crippen molar-refractivity contribution in [3.05, 3.63) is 6.07 Å². The Kier molecular flexibility index (Phi) is 5.37. The van der Waals surface area contributed by atoms with E-state index in [1.165, 1.54) is 13.1 Å². The fraction of sp³-hybridized carbons (Fsp3) is 0.400. The average Bonchev–Trinajstić information content (AvgIpc) is 2.67. The standard InChI is InChI=1S/C10H14N4O4S/c1-3-4-11-13-9(17)10(18)14(2)19-6-5-7(15)12-8(6)16/h5,12,15-16H,3-4H2,1-2H3. The van der Waals surface area contributed by atoms with Crippen molar-refractivity contribution in [3.63, 3.8) is 0 Å². The molecule has 8 nitrogen and oxygen atoms in total. The zero-order chi connectivity index (χ0) is 14.4. The number of aromatic nitrogens is 1. The Hall–Kier alpha value is -2.03. The Morgan fingerprint density at radius 3 is 2.68 bits per heavy atom. The van der Waals surface area contributed by atoms with Gasteiger partial charge in [-0.05, 0) is 18.4 Å². The summed E-state index contributed by atoms with van der Waals surface area (Å²) < 4.78 is 0.996. The summed E-state index contributed by atoms with van der Waals surface area (Å²) in [4.78, 5) is 25.4. The monoisotopic (exact) mass is 286 g/mol. The number of H-pyrrole nitrogens is 1. The van der Waals surface area contributed by atoms with E-state index in [0.29, 0.717) is 6.54 Å². The van der Waals surface area contributed by atoms with Gasteiger partial charge in [0.15, 0.2) is 5.88 Å². The molecule has 0 saturated carbocycles. The summed E-state index contributed by atoms with van der Waals surface area (Å²) in [5, 5.41) is 25.3. The van der Waals surface area contributed by atoms with Gasteiger partial charge in [0, 0.05) is 13.1 Å². The molecule has 0 unspecified atom stereocenters. The van der Waals surface area contributed by atoms with Gasteiger partial charge in [0.25, 0.3) is 0 Å². The summed E-state index contributed by atoms with van der Waals surface area (Å²) in [6.45, 7) is 2.25. The number of nitrogens with zero attached hydrogens (tertiary/aromatic N) is 3. The fourth-order valence-corrected chi connectivity index (χ4v) is 1.82. The second kappa shape index (κ2) is 6.78. The van der Waals surface area contributed by atoms with Gasteiger partial charge in [0.2, 0.25) is 5.88 Å². The number of hydrogen-bond donors (Lipinski definition) is 3. The van der Waals surface area contributed by atoms with E-state index in [1.807, 2.05) is 6.92 Å². The molecule has 0 saturated heterocycles. The molecule has 0 aliphatic rings. The van der Waals surface area contributed by atoms with Gasteiger partial charge in [-0.25, -0.2) is 0 Å². The van der Waals surface area contributed by atoms with Crippen LogP contribution in [-0.2, 0) is 9.59 Å². The molecule has 104 valence electrons. The minimum Gasteiger partial charge on any atom is -0.494 e. The molecule has 1 aromatic heterocycles. The first kappa shape index (κ1) is 15.0. The minimum absolute atomic E-state index is 0.214. The van der Waals surface area contributed by atoms with E-state index in [9.17, 15) is 14.7 Å². The van der Waals surface area contributed by atoms with Gasteiger partial charge in [-0.3, -0.25) is 18.9 Å². The highest BCUT2D eigenvalue weighted by Gasteiger charge is 2.21. The lowest BCUT2D eigenvalue weighted by atomic mass is 10.5. The van der Waals surface area contributed by atoms with Gasteiger partial charge >= 0.3 is 11.8 Å². The zero-order valence-corrected chi connectivity index (χ0v) is 11.3. The van der Waals surface area contributed by atoms with Crippen LogP contribution in [0.5, 0.6) is 11.8 Å². The molecule has 0 aromatic carbocycles. The van der Waals surface area contributed by atoms with Gasteiger partial charge < -0.3 is 10.2 Å². The summed E-state index contributed by atoms with van der Waals surface area (Å²) in [7, 11) is 1.35. The van der Waals surface area contributed by atoms with Crippen molar-refractivity contribution in [1.82, 2.24) is 9.29 Å². The Labute approximate surface area is 113 Å². The van der Waals surface area contributed by atoms with Gasteiger partial charge in [0.1, 0.15) is 0 Å². The van der Waals surface area contributed by atoms with E-state index in [1.54, 1.807) is 0 Å². The Morgan fingerprint density at radius 2 is 2.16 bits per heavy atom. The third-order valence-electron chi connectivity index (χ3n) is 1.94. The Bertz CT molecular complexity index is 500. The lowest BCUT2D eigenvalue weighted by Gasteiger charge is -2.11. The van der Waals surface area contributed by atoms with Crippen LogP contribution in [0.1, 0.15) is 13.3 Å². The first-order valence-corrected chi connectivity index (χ1v) is 6.21. The summed E-state index contributed by atoms with van der Waals surface area (Å²) in [5.74, 6) is -2.38. The molecule has 3 N–H and O–H groups in total. The zero-order valence-electron chi connectivity index (χ0n) is 10.5. The molecule has 2 amide bonds. The summed E-state index contributed by atoms with van der Waals surface area (Å²) in [5.41, 5.74) is 0. The summed E-state index contributed by atoms with van der Waals surface area (Å²) in [6, 6.07) is 1.23. The van der Waals surface area contributed by atoms with E-state index in [-0.39, 0.29) is 16.7 Å². The second-order valence-corrected chi connectivity index (χ2v) is 4.70. The van der Waals surface area contributed by atoms with Crippen LogP contribution in [0.4, 0.5) is 0 Å². The van der Waals surface area contributed by atoms with Crippen LogP contribution in [0, 0.1) is 0 Å². The van der Waals surface area contributed by atoms with E-state index in [4.69, 9.17) is 5.11 Å². The first-order chi connectivity index (χ1) is 8.95. The lowest BCUT2D eigenvalue weighted by Crippen LogP contribution is -2.26. The minimum atomic E-state index is -0.984. The number of carbonyl (C=O) groups excluding carboxylic acids is 2. The van der Waals surface area contributed by atoms with E-state index in [0.717, 1.165) is 22.7 Å². The summed E-state index contributed by atoms with van der Waals surface area (Å²) >= 11 is 0.787. The molecule has 0 aliphatic heterocycles. The van der Waals surface area contributed by atoms with Crippen molar-refractivity contribution in [2.75, 3.05) is 13.6 Å². The quantitative estimate of drug-likeness (QED) is 0.437. The molecule has 0 aliphatic carbocycles. The molecule has 0 fully saturated rings. The van der Waals surface area contributed by atoms with Crippen LogP contribution in [0.15, 0.2) is 21.2 Å². The van der Waals surface area contributed by atoms with E-state index < -0.39 is 11.8 Å². The smallest absolute Gasteiger partial charge is 0.354 e. The first-order valence-electron chi connectivity index (χ1n) is 5.44. The summed E-state index contributed by atoms with van der Waals surface area (Å²) in [6.07, 6.45) is 0.728. The number of nitrogens with one attached hydrogen (secondary N) is 1. The molecule has 0 spiro atoms. The average molecular weight is 286 g/mol. The molecule has 1 aromatic rings. The topological polar surface area (TPSA) is 118 Å². The normalized spacial score (nSPS) is 10.8. The van der Waals surface area contributed by atoms with Crippen LogP contribution in [0.3, 0.4) is 0 Å². The Morgan fingerprint density at radius 1 is 1.47 bits per heavy atom. The number of azo groups is 1. The third-order valence-corrected chi connectivity index (χ3v) is 2.88. The second-order valence-electron chi connectivity index (χ2n) is 3.53. The lowest BCUT2D eigenvalue weighted by molar-refractivity contribution is -0.140. The number of amides is 2. The van der Waals surface area contributed by atoms with Crippen LogP contribution in [0.2, 0.25) is 0 Å². The molecule has 19 heavy (non-hydrogen) atoms. The maximum atomic E-state index is 11.6. The van der Waals surface area contributed by atoms with Crippen molar-refractivity contribution in [3.8, 4) is 11.8 Å². The molecular formula is C10H14N4O4S. The molecule has 1 rings (SSSR count). The molecular weight excluding hydrogens is 272 g/mol. The van der Waals surface area contributed by atoms with Crippen LogP contribution in [-0.4, -0.2) is 44.9 Å². The highest BCUT2D eigenvalue weighted by atomic mass is 32.2. The van der Waals surface area contributed by atoms with Crippen LogP contribution < -0.4 is 0 Å². The molecule has 9 heteroatoms. The largest absolute Gasteiger partial charge is 0.494 e. The maximum Gasteiger partial charge on any atom is 0.354 e. The maximum absolute atomic E-state index is 11.6. The molecule has 0 radical (unpaired) electrons. The van der Waals surface area contributed by atoms with E-state index >= 15 is 0 Å².